The molecule has 1 aliphatic carbocycles. The van der Waals surface area contributed by atoms with Gasteiger partial charge in [0.05, 0.1) is 13.0 Å². The molecule has 0 aromatic heterocycles. The van der Waals surface area contributed by atoms with Crippen molar-refractivity contribution in [1.82, 2.24) is 0 Å². The number of carbonyl (C=O) groups is 1. The summed E-state index contributed by atoms with van der Waals surface area (Å²) in [5.74, 6) is -0.533. The summed E-state index contributed by atoms with van der Waals surface area (Å²) in [4.78, 5) is 12.0. The monoisotopic (exact) mass is 298 g/mol. The highest BCUT2D eigenvalue weighted by molar-refractivity contribution is 5.94. The van der Waals surface area contributed by atoms with E-state index >= 15 is 0 Å². The van der Waals surface area contributed by atoms with Crippen molar-refractivity contribution >= 4 is 11.6 Å². The number of nitrogens with two attached hydrogens (primary N) is 1. The molecule has 2 atom stereocenters. The van der Waals surface area contributed by atoms with Gasteiger partial charge in [-0.2, -0.15) is 8.78 Å². The van der Waals surface area contributed by atoms with Crippen LogP contribution in [0.1, 0.15) is 6.42 Å². The van der Waals surface area contributed by atoms with Crippen molar-refractivity contribution < 1.29 is 23.0 Å². The molecule has 0 heterocycles. The van der Waals surface area contributed by atoms with Crippen LogP contribution in [0.3, 0.4) is 0 Å². The molecule has 5 nitrogen and oxygen atoms in total. The normalized spacial score (nSPS) is 20.6. The Kier molecular flexibility index (Phi) is 4.74. The lowest BCUT2D eigenvalue weighted by Crippen LogP contribution is -2.24. The van der Waals surface area contributed by atoms with E-state index in [1.165, 1.54) is 19.2 Å². The Balaban J connectivity index is 2.09. The first-order valence-electron chi connectivity index (χ1n) is 6.37. The first-order chi connectivity index (χ1) is 9.99. The quantitative estimate of drug-likeness (QED) is 0.817. The maximum absolute atomic E-state index is 12.3. The molecular formula is C14H16F2N2O3. The fourth-order valence-electron chi connectivity index (χ4n) is 2.10. The summed E-state index contributed by atoms with van der Waals surface area (Å²) in [5.41, 5.74) is 6.04. The first kappa shape index (κ1) is 15.2. The Morgan fingerprint density at radius 3 is 2.71 bits per heavy atom. The van der Waals surface area contributed by atoms with Crippen LogP contribution in [0, 0.1) is 5.92 Å². The Morgan fingerprint density at radius 2 is 2.14 bits per heavy atom. The topological polar surface area (TPSA) is 73.6 Å². The molecule has 7 heteroatoms. The van der Waals surface area contributed by atoms with Crippen LogP contribution in [0.5, 0.6) is 11.5 Å². The lowest BCUT2D eigenvalue weighted by atomic mass is 10.1. The van der Waals surface area contributed by atoms with Gasteiger partial charge in [0.15, 0.2) is 11.5 Å². The van der Waals surface area contributed by atoms with E-state index in [1.54, 1.807) is 18.2 Å². The van der Waals surface area contributed by atoms with Crippen molar-refractivity contribution in [3.63, 3.8) is 0 Å². The zero-order valence-corrected chi connectivity index (χ0v) is 11.4. The highest BCUT2D eigenvalue weighted by Gasteiger charge is 2.23. The molecule has 2 unspecified atom stereocenters. The Labute approximate surface area is 120 Å². The van der Waals surface area contributed by atoms with E-state index in [4.69, 9.17) is 10.5 Å². The molecule has 0 fully saturated rings. The van der Waals surface area contributed by atoms with Crippen LogP contribution < -0.4 is 20.5 Å². The summed E-state index contributed by atoms with van der Waals surface area (Å²) in [6, 6.07) is 4.16. The van der Waals surface area contributed by atoms with Crippen molar-refractivity contribution in [3.05, 3.63) is 30.4 Å². The van der Waals surface area contributed by atoms with Crippen LogP contribution >= 0.6 is 0 Å². The second kappa shape index (κ2) is 6.53. The maximum Gasteiger partial charge on any atom is 0.387 e. The summed E-state index contributed by atoms with van der Waals surface area (Å²) in [6.07, 6.45) is 4.03. The maximum atomic E-state index is 12.3. The number of amides is 1. The number of hydrogen-bond acceptors (Lipinski definition) is 4. The van der Waals surface area contributed by atoms with E-state index in [2.05, 4.69) is 10.1 Å². The molecule has 1 aromatic carbocycles. The third-order valence-electron chi connectivity index (χ3n) is 3.10. The zero-order valence-electron chi connectivity index (χ0n) is 11.4. The van der Waals surface area contributed by atoms with Gasteiger partial charge in [-0.05, 0) is 18.6 Å². The average molecular weight is 298 g/mol. The summed E-state index contributed by atoms with van der Waals surface area (Å²) >= 11 is 0. The van der Waals surface area contributed by atoms with E-state index in [0.717, 1.165) is 0 Å². The molecule has 0 spiro atoms. The number of methoxy groups -OCH3 is 1. The number of alkyl halides is 2. The van der Waals surface area contributed by atoms with E-state index in [1.807, 2.05) is 0 Å². The number of nitrogens with one attached hydrogen (secondary N) is 1. The van der Waals surface area contributed by atoms with Gasteiger partial charge >= 0.3 is 6.61 Å². The standard InChI is InChI=1S/C14H16F2N2O3/c1-20-11-5-4-10(7-12(11)21-14(15)16)18-13(19)8-2-3-9(17)6-8/h2-5,7-9,14H,6,17H2,1H3,(H,18,19). The van der Waals surface area contributed by atoms with E-state index in [0.29, 0.717) is 12.1 Å². The summed E-state index contributed by atoms with van der Waals surface area (Å²) in [5, 5.41) is 2.64. The number of benzene rings is 1. The van der Waals surface area contributed by atoms with Crippen molar-refractivity contribution in [2.45, 2.75) is 19.1 Å². The van der Waals surface area contributed by atoms with Gasteiger partial charge < -0.3 is 20.5 Å². The molecule has 0 bridgehead atoms. The van der Waals surface area contributed by atoms with Gasteiger partial charge in [-0.15, -0.1) is 0 Å². The lowest BCUT2D eigenvalue weighted by molar-refractivity contribution is -0.118. The molecule has 3 N–H and O–H groups in total. The zero-order chi connectivity index (χ0) is 15.4. The predicted octanol–water partition coefficient (Wildman–Crippen LogP) is 2.14. The third kappa shape index (κ3) is 3.91. The van der Waals surface area contributed by atoms with Crippen molar-refractivity contribution in [2.75, 3.05) is 12.4 Å². The van der Waals surface area contributed by atoms with Crippen molar-refractivity contribution in [1.29, 1.82) is 0 Å². The minimum Gasteiger partial charge on any atom is -0.493 e. The highest BCUT2D eigenvalue weighted by Crippen LogP contribution is 2.32. The minimum absolute atomic E-state index is 0.130. The summed E-state index contributed by atoms with van der Waals surface area (Å²) in [6.45, 7) is -2.97. The van der Waals surface area contributed by atoms with Gasteiger partial charge in [0.25, 0.3) is 0 Å². The molecule has 1 aliphatic rings. The molecule has 21 heavy (non-hydrogen) atoms. The number of carbonyl (C=O) groups excluding carboxylic acids is 1. The SMILES string of the molecule is COc1ccc(NC(=O)C2C=CC(N)C2)cc1OC(F)F. The Bertz CT molecular complexity index is 549. The molecule has 0 saturated carbocycles. The minimum atomic E-state index is -2.97. The molecule has 1 amide bonds. The molecule has 0 aliphatic heterocycles. The van der Waals surface area contributed by atoms with Crippen LogP contribution in [0.25, 0.3) is 0 Å². The fourth-order valence-corrected chi connectivity index (χ4v) is 2.10. The highest BCUT2D eigenvalue weighted by atomic mass is 19.3. The third-order valence-corrected chi connectivity index (χ3v) is 3.10. The van der Waals surface area contributed by atoms with E-state index in [9.17, 15) is 13.6 Å². The Morgan fingerprint density at radius 1 is 1.38 bits per heavy atom. The average Bonchev–Trinajstić information content (AvgIpc) is 2.85. The Hall–Kier alpha value is -2.15. The molecule has 0 radical (unpaired) electrons. The van der Waals surface area contributed by atoms with Crippen LogP contribution in [0.4, 0.5) is 14.5 Å². The summed E-state index contributed by atoms with van der Waals surface area (Å²) < 4.78 is 33.9. The number of anilines is 1. The predicted molar refractivity (Wildman–Crippen MR) is 73.5 cm³/mol. The number of halogens is 2. The molecular weight excluding hydrogens is 282 g/mol. The molecule has 114 valence electrons. The number of rotatable bonds is 5. The van der Waals surface area contributed by atoms with Crippen molar-refractivity contribution in [2.24, 2.45) is 11.7 Å². The fraction of sp³-hybridized carbons (Fsp3) is 0.357. The van der Waals surface area contributed by atoms with Crippen LogP contribution in [-0.4, -0.2) is 25.7 Å². The molecule has 1 aromatic rings. The van der Waals surface area contributed by atoms with Crippen molar-refractivity contribution in [3.8, 4) is 11.5 Å². The second-order valence-corrected chi connectivity index (χ2v) is 4.62. The lowest BCUT2D eigenvalue weighted by Gasteiger charge is -2.14. The smallest absolute Gasteiger partial charge is 0.387 e. The molecule has 2 rings (SSSR count). The van der Waals surface area contributed by atoms with Gasteiger partial charge in [-0.25, -0.2) is 0 Å². The molecule has 0 saturated heterocycles. The first-order valence-corrected chi connectivity index (χ1v) is 6.37. The van der Waals surface area contributed by atoms with Gasteiger partial charge in [0.1, 0.15) is 0 Å². The van der Waals surface area contributed by atoms with Gasteiger partial charge in [-0.3, -0.25) is 4.79 Å². The second-order valence-electron chi connectivity index (χ2n) is 4.62. The van der Waals surface area contributed by atoms with Gasteiger partial charge in [0.2, 0.25) is 5.91 Å². The number of ether oxygens (including phenoxy) is 2. The largest absolute Gasteiger partial charge is 0.493 e. The van der Waals surface area contributed by atoms with E-state index < -0.39 is 6.61 Å². The number of hydrogen-bond donors (Lipinski definition) is 2. The van der Waals surface area contributed by atoms with Crippen LogP contribution in [-0.2, 0) is 4.79 Å². The van der Waals surface area contributed by atoms with Gasteiger partial charge in [0, 0.05) is 17.8 Å². The van der Waals surface area contributed by atoms with Crippen LogP contribution in [0.15, 0.2) is 30.4 Å². The summed E-state index contributed by atoms with van der Waals surface area (Å²) in [7, 11) is 1.34. The van der Waals surface area contributed by atoms with Gasteiger partial charge in [-0.1, -0.05) is 12.2 Å². The van der Waals surface area contributed by atoms with E-state index in [-0.39, 0.29) is 29.4 Å². The van der Waals surface area contributed by atoms with Crippen LogP contribution in [0.2, 0.25) is 0 Å².